The van der Waals surface area contributed by atoms with Gasteiger partial charge in [0.25, 0.3) is 0 Å². The molecule has 98 valence electrons. The van der Waals surface area contributed by atoms with Gasteiger partial charge in [-0.3, -0.25) is 4.79 Å². The minimum Gasteiger partial charge on any atom is -0.480 e. The maximum Gasteiger partial charge on any atom is 0.323 e. The van der Waals surface area contributed by atoms with E-state index in [1.54, 1.807) is 4.90 Å². The molecule has 1 rings (SSSR count). The Labute approximate surface area is 102 Å². The number of aliphatic carboxylic acids is 1. The largest absolute Gasteiger partial charge is 0.480 e. The Morgan fingerprint density at radius 2 is 1.94 bits per heavy atom. The molecule has 0 bridgehead atoms. The van der Waals surface area contributed by atoms with Crippen LogP contribution in [0.3, 0.4) is 0 Å². The van der Waals surface area contributed by atoms with Crippen LogP contribution < -0.4 is 0 Å². The van der Waals surface area contributed by atoms with Crippen molar-refractivity contribution in [3.8, 4) is 0 Å². The fourth-order valence-electron chi connectivity index (χ4n) is 2.13. The average Bonchev–Trinajstić information content (AvgIpc) is 2.37. The third-order valence-corrected chi connectivity index (χ3v) is 3.31. The van der Waals surface area contributed by atoms with Crippen molar-refractivity contribution in [2.75, 3.05) is 26.7 Å². The maximum absolute atomic E-state index is 12.0. The summed E-state index contributed by atoms with van der Waals surface area (Å²) in [5.74, 6) is -0.976. The number of nitrogens with zero attached hydrogens (tertiary/aromatic N) is 2. The fraction of sp³-hybridized carbons (Fsp3) is 0.833. The molecule has 1 heterocycles. The van der Waals surface area contributed by atoms with Crippen molar-refractivity contribution < 1.29 is 14.7 Å². The third-order valence-electron chi connectivity index (χ3n) is 3.31. The van der Waals surface area contributed by atoms with Crippen LogP contribution in [0.15, 0.2) is 0 Å². The van der Waals surface area contributed by atoms with Gasteiger partial charge in [-0.1, -0.05) is 13.8 Å². The predicted octanol–water partition coefficient (Wildman–Crippen LogP) is 1.63. The van der Waals surface area contributed by atoms with Crippen molar-refractivity contribution in [3.05, 3.63) is 0 Å². The Balaban J connectivity index is 2.55. The molecule has 1 N–H and O–H groups in total. The Kier molecular flexibility index (Phi) is 4.37. The second-order valence-corrected chi connectivity index (χ2v) is 5.54. The second-order valence-electron chi connectivity index (χ2n) is 5.54. The summed E-state index contributed by atoms with van der Waals surface area (Å²) >= 11 is 0. The number of likely N-dealkylation sites (tertiary alicyclic amines) is 1. The lowest BCUT2D eigenvalue weighted by molar-refractivity contribution is -0.137. The molecule has 0 atom stereocenters. The maximum atomic E-state index is 12.0. The first-order chi connectivity index (χ1) is 7.82. The van der Waals surface area contributed by atoms with Crippen molar-refractivity contribution in [1.29, 1.82) is 0 Å². The van der Waals surface area contributed by atoms with Gasteiger partial charge >= 0.3 is 12.0 Å². The van der Waals surface area contributed by atoms with Gasteiger partial charge in [0, 0.05) is 20.1 Å². The van der Waals surface area contributed by atoms with Crippen LogP contribution in [0, 0.1) is 5.41 Å². The summed E-state index contributed by atoms with van der Waals surface area (Å²) in [6.07, 6.45) is 3.07. The monoisotopic (exact) mass is 242 g/mol. The van der Waals surface area contributed by atoms with E-state index in [4.69, 9.17) is 5.11 Å². The first-order valence-electron chi connectivity index (χ1n) is 6.04. The van der Waals surface area contributed by atoms with Crippen LogP contribution >= 0.6 is 0 Å². The summed E-state index contributed by atoms with van der Waals surface area (Å²) in [5.41, 5.74) is 0.278. The van der Waals surface area contributed by atoms with Crippen LogP contribution in [-0.2, 0) is 4.79 Å². The Bertz CT molecular complexity index is 302. The molecule has 17 heavy (non-hydrogen) atoms. The van der Waals surface area contributed by atoms with E-state index in [2.05, 4.69) is 13.8 Å². The van der Waals surface area contributed by atoms with E-state index in [0.29, 0.717) is 0 Å². The number of likely N-dealkylation sites (N-methyl/N-ethyl adjacent to an activating group) is 1. The second kappa shape index (κ2) is 5.38. The fourth-order valence-corrected chi connectivity index (χ4v) is 2.13. The van der Waals surface area contributed by atoms with Crippen LogP contribution in [0.4, 0.5) is 4.79 Å². The van der Waals surface area contributed by atoms with Crippen LogP contribution in [0.1, 0.15) is 33.1 Å². The molecular weight excluding hydrogens is 220 g/mol. The van der Waals surface area contributed by atoms with Crippen molar-refractivity contribution in [2.45, 2.75) is 33.1 Å². The van der Waals surface area contributed by atoms with Gasteiger partial charge in [-0.15, -0.1) is 0 Å². The molecule has 0 unspecified atom stereocenters. The number of hydrogen-bond donors (Lipinski definition) is 1. The van der Waals surface area contributed by atoms with Crippen LogP contribution in [0.25, 0.3) is 0 Å². The van der Waals surface area contributed by atoms with E-state index in [1.165, 1.54) is 11.9 Å². The molecule has 5 nitrogen and oxygen atoms in total. The van der Waals surface area contributed by atoms with Crippen molar-refractivity contribution in [2.24, 2.45) is 5.41 Å². The van der Waals surface area contributed by atoms with E-state index in [0.717, 1.165) is 32.4 Å². The molecule has 1 saturated heterocycles. The Hall–Kier alpha value is -1.26. The molecule has 0 saturated carbocycles. The number of amides is 2. The summed E-state index contributed by atoms with van der Waals surface area (Å²) < 4.78 is 0. The van der Waals surface area contributed by atoms with E-state index in [1.807, 2.05) is 0 Å². The lowest BCUT2D eigenvalue weighted by atomic mass is 9.85. The van der Waals surface area contributed by atoms with Crippen LogP contribution in [-0.4, -0.2) is 53.6 Å². The predicted molar refractivity (Wildman–Crippen MR) is 64.9 cm³/mol. The van der Waals surface area contributed by atoms with Crippen molar-refractivity contribution in [1.82, 2.24) is 9.80 Å². The topological polar surface area (TPSA) is 60.9 Å². The summed E-state index contributed by atoms with van der Waals surface area (Å²) in [6, 6.07) is -0.176. The van der Waals surface area contributed by atoms with Gasteiger partial charge in [0.2, 0.25) is 0 Å². The molecule has 1 aliphatic heterocycles. The molecular formula is C12H22N2O3. The van der Waals surface area contributed by atoms with E-state index < -0.39 is 5.97 Å². The number of carboxylic acid groups (broad SMARTS) is 1. The molecule has 1 aliphatic rings. The highest BCUT2D eigenvalue weighted by Gasteiger charge is 2.27. The summed E-state index contributed by atoms with van der Waals surface area (Å²) in [7, 11) is 1.53. The number of hydrogen-bond acceptors (Lipinski definition) is 2. The van der Waals surface area contributed by atoms with E-state index in [-0.39, 0.29) is 18.0 Å². The van der Waals surface area contributed by atoms with Crippen molar-refractivity contribution >= 4 is 12.0 Å². The van der Waals surface area contributed by atoms with Gasteiger partial charge in [0.05, 0.1) is 0 Å². The van der Waals surface area contributed by atoms with Gasteiger partial charge in [0.1, 0.15) is 6.54 Å². The zero-order chi connectivity index (χ0) is 13.1. The SMILES string of the molecule is CN(CC(=O)O)C(=O)N1CCCC(C)(C)CC1. The van der Waals surface area contributed by atoms with Gasteiger partial charge in [-0.2, -0.15) is 0 Å². The first-order valence-corrected chi connectivity index (χ1v) is 6.04. The van der Waals surface area contributed by atoms with E-state index >= 15 is 0 Å². The van der Waals surface area contributed by atoms with E-state index in [9.17, 15) is 9.59 Å². The van der Waals surface area contributed by atoms with Gasteiger partial charge in [0.15, 0.2) is 0 Å². The summed E-state index contributed by atoms with van der Waals surface area (Å²) in [5, 5.41) is 8.66. The first kappa shape index (κ1) is 13.8. The Morgan fingerprint density at radius 1 is 1.29 bits per heavy atom. The number of carbonyl (C=O) groups is 2. The van der Waals surface area contributed by atoms with Crippen LogP contribution in [0.2, 0.25) is 0 Å². The summed E-state index contributed by atoms with van der Waals surface area (Å²) in [4.78, 5) is 25.6. The molecule has 1 fully saturated rings. The number of urea groups is 1. The molecule has 0 aromatic rings. The molecule has 0 radical (unpaired) electrons. The van der Waals surface area contributed by atoms with Crippen molar-refractivity contribution in [3.63, 3.8) is 0 Å². The zero-order valence-electron chi connectivity index (χ0n) is 10.9. The van der Waals surface area contributed by atoms with Crippen LogP contribution in [0.5, 0.6) is 0 Å². The quantitative estimate of drug-likeness (QED) is 0.800. The third kappa shape index (κ3) is 4.24. The molecule has 0 spiro atoms. The summed E-state index contributed by atoms with van der Waals surface area (Å²) in [6.45, 7) is 5.63. The Morgan fingerprint density at radius 3 is 2.53 bits per heavy atom. The molecule has 0 aromatic carbocycles. The highest BCUT2D eigenvalue weighted by Crippen LogP contribution is 2.29. The van der Waals surface area contributed by atoms with Gasteiger partial charge in [-0.25, -0.2) is 4.79 Å². The minimum absolute atomic E-state index is 0.176. The average molecular weight is 242 g/mol. The molecule has 0 aliphatic carbocycles. The highest BCUT2D eigenvalue weighted by molar-refractivity contribution is 5.79. The number of carbonyl (C=O) groups excluding carboxylic acids is 1. The lowest BCUT2D eigenvalue weighted by Crippen LogP contribution is -2.43. The standard InChI is InChI=1S/C12H22N2O3/c1-12(2)5-4-7-14(8-6-12)11(17)13(3)9-10(15)16/h4-9H2,1-3H3,(H,15,16). The van der Waals surface area contributed by atoms with Gasteiger partial charge < -0.3 is 14.9 Å². The van der Waals surface area contributed by atoms with Gasteiger partial charge in [-0.05, 0) is 24.7 Å². The number of carboxylic acids is 1. The zero-order valence-corrected chi connectivity index (χ0v) is 10.9. The molecule has 2 amide bonds. The number of rotatable bonds is 2. The smallest absolute Gasteiger partial charge is 0.323 e. The molecule has 5 heteroatoms. The lowest BCUT2D eigenvalue weighted by Gasteiger charge is -2.27. The highest BCUT2D eigenvalue weighted by atomic mass is 16.4. The minimum atomic E-state index is -0.976. The molecule has 0 aromatic heterocycles. The normalized spacial score (nSPS) is 19.6.